The highest BCUT2D eigenvalue weighted by atomic mass is 16.3. The summed E-state index contributed by atoms with van der Waals surface area (Å²) < 4.78 is 0. The molecule has 2 rings (SSSR count). The van der Waals surface area contributed by atoms with Crippen LogP contribution in [0.3, 0.4) is 0 Å². The van der Waals surface area contributed by atoms with E-state index < -0.39 is 0 Å². The van der Waals surface area contributed by atoms with Gasteiger partial charge in [0, 0.05) is 5.69 Å². The van der Waals surface area contributed by atoms with Crippen LogP contribution in [-0.2, 0) is 0 Å². The van der Waals surface area contributed by atoms with E-state index in [0.717, 1.165) is 18.5 Å². The topological polar surface area (TPSA) is 32.3 Å². The molecule has 2 unspecified atom stereocenters. The quantitative estimate of drug-likeness (QED) is 0.855. The highest BCUT2D eigenvalue weighted by Gasteiger charge is 2.37. The summed E-state index contributed by atoms with van der Waals surface area (Å²) in [7, 11) is 0. The molecule has 1 aliphatic carbocycles. The molecule has 2 atom stereocenters. The van der Waals surface area contributed by atoms with E-state index in [2.05, 4.69) is 50.4 Å². The molecule has 0 saturated heterocycles. The van der Waals surface area contributed by atoms with Crippen LogP contribution in [0.15, 0.2) is 24.3 Å². The number of para-hydroxylation sites is 1. The summed E-state index contributed by atoms with van der Waals surface area (Å²) in [5.74, 6) is 1.36. The molecule has 1 saturated carbocycles. The van der Waals surface area contributed by atoms with Crippen LogP contribution in [0.25, 0.3) is 0 Å². The Morgan fingerprint density at radius 1 is 1.22 bits per heavy atom. The minimum atomic E-state index is -0.136. The van der Waals surface area contributed by atoms with Gasteiger partial charge in [0.05, 0.1) is 12.1 Å². The van der Waals surface area contributed by atoms with Gasteiger partial charge in [0.25, 0.3) is 0 Å². The minimum absolute atomic E-state index is 0.136. The lowest BCUT2D eigenvalue weighted by molar-refractivity contribution is 0.122. The standard InChI is InChI=1S/C16H25NO/c1-12-8-13(2)10-16(9-12,11-18)17-15-7-5-4-6-14(15)3/h4-7,12-13,17-18H,8-11H2,1-3H3. The number of benzene rings is 1. The van der Waals surface area contributed by atoms with Crippen LogP contribution in [-0.4, -0.2) is 17.3 Å². The molecule has 1 fully saturated rings. The van der Waals surface area contributed by atoms with E-state index in [4.69, 9.17) is 0 Å². The van der Waals surface area contributed by atoms with Gasteiger partial charge < -0.3 is 10.4 Å². The molecule has 0 amide bonds. The second-order valence-electron chi connectivity index (χ2n) is 6.23. The van der Waals surface area contributed by atoms with Gasteiger partial charge in [-0.2, -0.15) is 0 Å². The molecule has 0 radical (unpaired) electrons. The number of aliphatic hydroxyl groups is 1. The average molecular weight is 247 g/mol. The third-order valence-electron chi connectivity index (χ3n) is 4.13. The van der Waals surface area contributed by atoms with Crippen LogP contribution < -0.4 is 5.32 Å². The molecule has 1 aromatic rings. The largest absolute Gasteiger partial charge is 0.394 e. The molecule has 2 N–H and O–H groups in total. The van der Waals surface area contributed by atoms with Gasteiger partial charge in [-0.15, -0.1) is 0 Å². The summed E-state index contributed by atoms with van der Waals surface area (Å²) in [5, 5.41) is 13.5. The van der Waals surface area contributed by atoms with Crippen molar-refractivity contribution in [2.75, 3.05) is 11.9 Å². The molecule has 1 aromatic carbocycles. The average Bonchev–Trinajstić information content (AvgIpc) is 2.31. The molecular formula is C16H25NO. The Morgan fingerprint density at radius 3 is 2.39 bits per heavy atom. The first-order valence-electron chi connectivity index (χ1n) is 6.99. The van der Waals surface area contributed by atoms with Crippen molar-refractivity contribution in [1.29, 1.82) is 0 Å². The maximum absolute atomic E-state index is 9.87. The summed E-state index contributed by atoms with van der Waals surface area (Å²) >= 11 is 0. The van der Waals surface area contributed by atoms with Gasteiger partial charge in [0.2, 0.25) is 0 Å². The second kappa shape index (κ2) is 5.31. The van der Waals surface area contributed by atoms with Gasteiger partial charge >= 0.3 is 0 Å². The Labute approximate surface area is 110 Å². The number of hydrogen-bond donors (Lipinski definition) is 2. The summed E-state index contributed by atoms with van der Waals surface area (Å²) in [5.41, 5.74) is 2.27. The van der Waals surface area contributed by atoms with E-state index in [1.807, 2.05) is 0 Å². The fraction of sp³-hybridized carbons (Fsp3) is 0.625. The first-order valence-corrected chi connectivity index (χ1v) is 6.99. The lowest BCUT2D eigenvalue weighted by Gasteiger charge is -2.43. The zero-order valence-electron chi connectivity index (χ0n) is 11.7. The van der Waals surface area contributed by atoms with Crippen molar-refractivity contribution in [1.82, 2.24) is 0 Å². The number of nitrogens with one attached hydrogen (secondary N) is 1. The van der Waals surface area contributed by atoms with E-state index in [1.165, 1.54) is 12.0 Å². The predicted molar refractivity (Wildman–Crippen MR) is 76.8 cm³/mol. The predicted octanol–water partition coefficient (Wildman–Crippen LogP) is 3.59. The van der Waals surface area contributed by atoms with Crippen LogP contribution in [0, 0.1) is 18.8 Å². The van der Waals surface area contributed by atoms with Crippen LogP contribution in [0.4, 0.5) is 5.69 Å². The fourth-order valence-electron chi connectivity index (χ4n) is 3.54. The van der Waals surface area contributed by atoms with Crippen molar-refractivity contribution in [2.45, 2.75) is 45.6 Å². The normalized spacial score (nSPS) is 32.2. The monoisotopic (exact) mass is 247 g/mol. The van der Waals surface area contributed by atoms with Gasteiger partial charge in [0.1, 0.15) is 0 Å². The first-order chi connectivity index (χ1) is 8.54. The minimum Gasteiger partial charge on any atom is -0.394 e. The molecule has 1 aliphatic rings. The lowest BCUT2D eigenvalue weighted by atomic mass is 9.72. The maximum atomic E-state index is 9.87. The number of rotatable bonds is 3. The molecule has 0 aromatic heterocycles. The van der Waals surface area contributed by atoms with Crippen molar-refractivity contribution in [3.8, 4) is 0 Å². The van der Waals surface area contributed by atoms with Crippen LogP contribution in [0.5, 0.6) is 0 Å². The summed E-state index contributed by atoms with van der Waals surface area (Å²) in [6.07, 6.45) is 3.39. The Hall–Kier alpha value is -1.02. The number of aryl methyl sites for hydroxylation is 1. The second-order valence-corrected chi connectivity index (χ2v) is 6.23. The molecule has 0 heterocycles. The van der Waals surface area contributed by atoms with Crippen LogP contribution in [0.2, 0.25) is 0 Å². The van der Waals surface area contributed by atoms with E-state index in [1.54, 1.807) is 0 Å². The number of anilines is 1. The third-order valence-corrected chi connectivity index (χ3v) is 4.13. The van der Waals surface area contributed by atoms with Gasteiger partial charge in [-0.05, 0) is 49.7 Å². The Balaban J connectivity index is 2.20. The van der Waals surface area contributed by atoms with Gasteiger partial charge in [0.15, 0.2) is 0 Å². The molecule has 2 nitrogen and oxygen atoms in total. The molecule has 100 valence electrons. The van der Waals surface area contributed by atoms with Crippen molar-refractivity contribution in [3.05, 3.63) is 29.8 Å². The highest BCUT2D eigenvalue weighted by molar-refractivity contribution is 5.52. The lowest BCUT2D eigenvalue weighted by Crippen LogP contribution is -2.48. The van der Waals surface area contributed by atoms with E-state index >= 15 is 0 Å². The molecule has 0 aliphatic heterocycles. The maximum Gasteiger partial charge on any atom is 0.0661 e. The Bertz CT molecular complexity index is 392. The summed E-state index contributed by atoms with van der Waals surface area (Å²) in [6.45, 7) is 6.91. The summed E-state index contributed by atoms with van der Waals surface area (Å²) in [6, 6.07) is 8.33. The zero-order valence-corrected chi connectivity index (χ0v) is 11.7. The van der Waals surface area contributed by atoms with Crippen LogP contribution in [0.1, 0.15) is 38.7 Å². The SMILES string of the molecule is Cc1ccccc1NC1(CO)CC(C)CC(C)C1. The summed E-state index contributed by atoms with van der Waals surface area (Å²) in [4.78, 5) is 0. The Morgan fingerprint density at radius 2 is 1.83 bits per heavy atom. The smallest absolute Gasteiger partial charge is 0.0661 e. The van der Waals surface area contributed by atoms with E-state index in [-0.39, 0.29) is 12.1 Å². The van der Waals surface area contributed by atoms with Gasteiger partial charge in [-0.25, -0.2) is 0 Å². The zero-order chi connectivity index (χ0) is 13.2. The van der Waals surface area contributed by atoms with Gasteiger partial charge in [-0.3, -0.25) is 0 Å². The highest BCUT2D eigenvalue weighted by Crippen LogP contribution is 2.38. The van der Waals surface area contributed by atoms with E-state index in [9.17, 15) is 5.11 Å². The number of hydrogen-bond acceptors (Lipinski definition) is 2. The van der Waals surface area contributed by atoms with Gasteiger partial charge in [-0.1, -0.05) is 32.0 Å². The first kappa shape index (κ1) is 13.4. The fourth-order valence-corrected chi connectivity index (χ4v) is 3.54. The van der Waals surface area contributed by atoms with Crippen LogP contribution >= 0.6 is 0 Å². The molecule has 18 heavy (non-hydrogen) atoms. The van der Waals surface area contributed by atoms with Crippen molar-refractivity contribution in [3.63, 3.8) is 0 Å². The molecule has 0 spiro atoms. The number of aliphatic hydroxyl groups excluding tert-OH is 1. The van der Waals surface area contributed by atoms with E-state index in [0.29, 0.717) is 11.8 Å². The Kier molecular flexibility index (Phi) is 3.96. The van der Waals surface area contributed by atoms with Crippen molar-refractivity contribution >= 4 is 5.69 Å². The molecular weight excluding hydrogens is 222 g/mol. The molecule has 0 bridgehead atoms. The van der Waals surface area contributed by atoms with Crippen molar-refractivity contribution in [2.24, 2.45) is 11.8 Å². The third kappa shape index (κ3) is 2.86. The molecule has 2 heteroatoms. The van der Waals surface area contributed by atoms with Crippen molar-refractivity contribution < 1.29 is 5.11 Å².